The third-order valence-corrected chi connectivity index (χ3v) is 22.7. The first-order valence-corrected chi connectivity index (χ1v) is 34.6. The van der Waals surface area contributed by atoms with Crippen LogP contribution in [0.1, 0.15) is 122 Å². The van der Waals surface area contributed by atoms with E-state index in [0.29, 0.717) is 99.0 Å². The van der Waals surface area contributed by atoms with Crippen molar-refractivity contribution in [3.8, 4) is 0 Å². The molecular formula is C57H69N9O12S6. The maximum Gasteiger partial charge on any atom is 0.276 e. The van der Waals surface area contributed by atoms with E-state index in [2.05, 4.69) is 44.6 Å². The van der Waals surface area contributed by atoms with Crippen molar-refractivity contribution in [1.29, 1.82) is 0 Å². The van der Waals surface area contributed by atoms with Crippen LogP contribution in [0.2, 0.25) is 0 Å². The highest BCUT2D eigenvalue weighted by atomic mass is 32.2. The van der Waals surface area contributed by atoms with Crippen LogP contribution in [0.4, 0.5) is 0 Å². The summed E-state index contributed by atoms with van der Waals surface area (Å²) >= 11 is 8.71. The smallest absolute Gasteiger partial charge is 0.276 e. The van der Waals surface area contributed by atoms with Crippen LogP contribution in [0.5, 0.6) is 0 Å². The summed E-state index contributed by atoms with van der Waals surface area (Å²) in [7, 11) is -5.81. The molecule has 0 saturated heterocycles. The Hall–Kier alpha value is -6.52. The zero-order valence-electron chi connectivity index (χ0n) is 48.8. The van der Waals surface area contributed by atoms with Gasteiger partial charge in [-0.3, -0.25) is 19.1 Å². The Morgan fingerprint density at radius 2 is 0.917 bits per heavy atom. The fourth-order valence-electron chi connectivity index (χ4n) is 10.1. The van der Waals surface area contributed by atoms with E-state index in [1.165, 1.54) is 42.1 Å². The highest BCUT2D eigenvalue weighted by molar-refractivity contribution is 8.08. The molecule has 450 valence electrons. The molecule has 5 aliphatic rings. The van der Waals surface area contributed by atoms with Gasteiger partial charge in [0, 0.05) is 71.6 Å². The number of nitrogens with zero attached hydrogens (tertiary/aromatic N) is 8. The Morgan fingerprint density at radius 1 is 0.560 bits per heavy atom. The van der Waals surface area contributed by atoms with E-state index < -0.39 is 29.5 Å². The van der Waals surface area contributed by atoms with E-state index in [9.17, 15) is 39.6 Å². The summed E-state index contributed by atoms with van der Waals surface area (Å²) in [5, 5.41) is 26.3. The molecule has 27 heteroatoms. The van der Waals surface area contributed by atoms with Crippen molar-refractivity contribution in [3.05, 3.63) is 120 Å². The third-order valence-electron chi connectivity index (χ3n) is 14.3. The van der Waals surface area contributed by atoms with Gasteiger partial charge in [0.2, 0.25) is 0 Å². The van der Waals surface area contributed by atoms with Gasteiger partial charge in [-0.15, -0.1) is 23.5 Å². The first-order chi connectivity index (χ1) is 40.0. The molecule has 3 aromatic carbocycles. The number of thioether (sulfide) groups is 2. The number of H-pyrrole nitrogens is 1. The number of likely N-dealkylation sites (N-methyl/N-ethyl adjacent to an activating group) is 2. The number of carbonyl (C=O) groups excluding carboxylic acids is 2. The monoisotopic (exact) mass is 1260 g/mol. The normalized spacial score (nSPS) is 19.7. The molecule has 0 atom stereocenters. The molecule has 0 radical (unpaired) electrons. The lowest BCUT2D eigenvalue weighted by molar-refractivity contribution is -0.126. The Bertz CT molecular complexity index is 3770. The summed E-state index contributed by atoms with van der Waals surface area (Å²) in [5.74, 6) is 1.40. The summed E-state index contributed by atoms with van der Waals surface area (Å²) in [5.41, 5.74) is 9.28. The lowest BCUT2D eigenvalue weighted by atomic mass is 9.94. The number of rotatable bonds is 16. The van der Waals surface area contributed by atoms with E-state index in [1.54, 1.807) is 79.4 Å². The number of oxime groups is 3. The standard InChI is InChI=1S/2C20H25N3O4S2.C17H19N3O4S2/c2*1-5-10-28-19(15-12-21-23(6-2)20(15)24)14-7-8-17-18(13(14)3)16(22-27-4)9-11-29(17,25)26;1-4-20-17(21)12(9-18-20)16(25)11-5-6-14-15(10(11)2)13(19-24-3)7-8-26(14,22)23/h2*7-8,12H,5-6,9-11H2,1-4H3;5-6,9,18H,4,7-8H2,1-3H3/b19-15+,22-16+;19-15-,22-16+;19-13+. The highest BCUT2D eigenvalue weighted by Crippen LogP contribution is 2.41. The molecule has 9 rings (SSSR count). The SMILES string of the molecule is CCCS/C(=C1/C=NN(CC)C1=O)c1ccc2c(c1C)/C(=N/OC)CCS2(=O)=O.CCCS/C(=C1\C=NN(CC)C1=O)c1ccc2c(c1C)/C(=N/OC)CCS2(=O)=O.CCn1[nH]cc(C(=S)c2ccc3c(c2C)/C(=N/OC)CCS3(=O)=O)c1=O. The molecular weight excluding hydrogens is 1200 g/mol. The fourth-order valence-corrected chi connectivity index (χ4v) is 17.3. The highest BCUT2D eigenvalue weighted by Gasteiger charge is 2.36. The van der Waals surface area contributed by atoms with Gasteiger partial charge in [0.15, 0.2) is 29.5 Å². The van der Waals surface area contributed by atoms with Crippen LogP contribution >= 0.6 is 35.7 Å². The van der Waals surface area contributed by atoms with Gasteiger partial charge >= 0.3 is 0 Å². The fraction of sp³-hybridized carbons (Fsp3) is 0.421. The zero-order valence-corrected chi connectivity index (χ0v) is 53.7. The Balaban J connectivity index is 0.000000181. The number of aryl methyl sites for hydroxylation is 1. The maximum atomic E-state index is 12.8. The molecule has 0 aliphatic carbocycles. The number of thiocarbonyl (C=S) groups is 1. The van der Waals surface area contributed by atoms with Gasteiger partial charge in [0.1, 0.15) is 21.3 Å². The van der Waals surface area contributed by atoms with Crippen LogP contribution in [0.25, 0.3) is 9.81 Å². The number of amides is 2. The van der Waals surface area contributed by atoms with Crippen LogP contribution in [0.15, 0.2) is 98.9 Å². The molecule has 0 spiro atoms. The Labute approximate surface area is 504 Å². The number of aromatic nitrogens is 2. The largest absolute Gasteiger partial charge is 0.399 e. The summed E-state index contributed by atoms with van der Waals surface area (Å²) in [6.45, 7) is 16.8. The average molecular weight is 1260 g/mol. The quantitative estimate of drug-likeness (QED) is 0.0479. The molecule has 5 aliphatic heterocycles. The number of nitrogens with one attached hydrogen (secondary N) is 1. The van der Waals surface area contributed by atoms with Crippen LogP contribution < -0.4 is 5.56 Å². The molecule has 4 aromatic rings. The van der Waals surface area contributed by atoms with Gasteiger partial charge in [-0.25, -0.2) is 35.3 Å². The van der Waals surface area contributed by atoms with Crippen molar-refractivity contribution in [2.45, 2.75) is 109 Å². The van der Waals surface area contributed by atoms with E-state index in [-0.39, 0.29) is 55.7 Å². The van der Waals surface area contributed by atoms with E-state index in [4.69, 9.17) is 26.7 Å². The van der Waals surface area contributed by atoms with Gasteiger partial charge < -0.3 is 19.6 Å². The van der Waals surface area contributed by atoms with Crippen molar-refractivity contribution in [2.75, 3.05) is 63.2 Å². The Morgan fingerprint density at radius 3 is 1.23 bits per heavy atom. The number of hydrazone groups is 2. The number of aromatic amines is 1. The predicted molar refractivity (Wildman–Crippen MR) is 337 cm³/mol. The van der Waals surface area contributed by atoms with Gasteiger partial charge in [-0.2, -0.15) is 10.2 Å². The minimum absolute atomic E-state index is 0.00948. The van der Waals surface area contributed by atoms with Crippen LogP contribution in [-0.2, 0) is 60.2 Å². The van der Waals surface area contributed by atoms with Crippen molar-refractivity contribution < 1.29 is 49.4 Å². The molecule has 0 unspecified atom stereocenters. The molecule has 0 saturated carbocycles. The molecule has 1 N–H and O–H groups in total. The molecule has 1 aromatic heterocycles. The molecule has 21 nitrogen and oxygen atoms in total. The second-order valence-corrected chi connectivity index (χ2v) is 28.3. The minimum Gasteiger partial charge on any atom is -0.399 e. The first-order valence-electron chi connectivity index (χ1n) is 27.2. The summed E-state index contributed by atoms with van der Waals surface area (Å²) in [6, 6.07) is 10.0. The number of fused-ring (bicyclic) bond motifs is 3. The van der Waals surface area contributed by atoms with Gasteiger partial charge in [-0.1, -0.05) is 59.7 Å². The predicted octanol–water partition coefficient (Wildman–Crippen LogP) is 8.25. The minimum atomic E-state index is -3.38. The van der Waals surface area contributed by atoms with E-state index >= 15 is 0 Å². The van der Waals surface area contributed by atoms with Gasteiger partial charge in [-0.05, 0) is 117 Å². The number of carbonyl (C=O) groups is 2. The third kappa shape index (κ3) is 13.1. The Kier molecular flexibility index (Phi) is 21.4. The number of benzene rings is 3. The van der Waals surface area contributed by atoms with Gasteiger partial charge in [0.05, 0.1) is 83.1 Å². The second-order valence-electron chi connectivity index (χ2n) is 19.5. The van der Waals surface area contributed by atoms with Crippen molar-refractivity contribution in [3.63, 3.8) is 0 Å². The summed E-state index contributed by atoms with van der Waals surface area (Å²) in [4.78, 5) is 55.5. The number of hydrogen-bond acceptors (Lipinski definition) is 20. The topological polar surface area (TPSA) is 270 Å². The lowest BCUT2D eigenvalue weighted by Crippen LogP contribution is -2.25. The lowest BCUT2D eigenvalue weighted by Gasteiger charge is -2.23. The number of sulfone groups is 3. The number of hydrogen-bond donors (Lipinski definition) is 1. The average Bonchev–Trinajstić information content (AvgIpc) is 4.38. The maximum absolute atomic E-state index is 12.8. The molecule has 2 amide bonds. The van der Waals surface area contributed by atoms with E-state index in [0.717, 1.165) is 56.4 Å². The van der Waals surface area contributed by atoms with Crippen molar-refractivity contribution in [2.24, 2.45) is 25.7 Å². The van der Waals surface area contributed by atoms with E-state index in [1.807, 2.05) is 34.6 Å². The van der Waals surface area contributed by atoms with Crippen molar-refractivity contribution in [1.82, 2.24) is 19.8 Å². The second kappa shape index (κ2) is 27.7. The van der Waals surface area contributed by atoms with Crippen LogP contribution in [0.3, 0.4) is 0 Å². The molecule has 6 heterocycles. The molecule has 0 bridgehead atoms. The molecule has 84 heavy (non-hydrogen) atoms. The van der Waals surface area contributed by atoms with Gasteiger partial charge in [0.25, 0.3) is 17.4 Å². The van der Waals surface area contributed by atoms with Crippen molar-refractivity contribution >= 4 is 121 Å². The van der Waals surface area contributed by atoms with Crippen LogP contribution in [0, 0.1) is 20.8 Å². The summed E-state index contributed by atoms with van der Waals surface area (Å²) < 4.78 is 76.8. The zero-order chi connectivity index (χ0) is 61.4. The first kappa shape index (κ1) is 65.0. The van der Waals surface area contributed by atoms with Crippen LogP contribution in [-0.4, -0.2) is 154 Å². The molecule has 0 fully saturated rings. The summed E-state index contributed by atoms with van der Waals surface area (Å²) in [6.07, 6.45) is 7.53.